The molecule has 1 aliphatic carbocycles. The van der Waals surface area contributed by atoms with Gasteiger partial charge < -0.3 is 10.0 Å². The lowest BCUT2D eigenvalue weighted by molar-refractivity contribution is -0.384. The van der Waals surface area contributed by atoms with Crippen molar-refractivity contribution in [3.05, 3.63) is 33.9 Å². The van der Waals surface area contributed by atoms with Crippen molar-refractivity contribution in [3.63, 3.8) is 0 Å². The Morgan fingerprint density at radius 1 is 1.53 bits per heavy atom. The van der Waals surface area contributed by atoms with E-state index in [1.807, 2.05) is 4.90 Å². The average Bonchev–Trinajstić information content (AvgIpc) is 3.21. The van der Waals surface area contributed by atoms with E-state index in [-0.39, 0.29) is 12.3 Å². The predicted molar refractivity (Wildman–Crippen MR) is 72.8 cm³/mol. The second-order valence-corrected chi connectivity index (χ2v) is 4.76. The number of terminal acetylenes is 1. The number of aliphatic hydroxyl groups is 1. The molecule has 5 nitrogen and oxygen atoms in total. The Kier molecular flexibility index (Phi) is 4.03. The fourth-order valence-electron chi connectivity index (χ4n) is 2.09. The van der Waals surface area contributed by atoms with Crippen LogP contribution in [0.5, 0.6) is 0 Å². The topological polar surface area (TPSA) is 66.6 Å². The van der Waals surface area contributed by atoms with Crippen LogP contribution in [0.2, 0.25) is 0 Å². The summed E-state index contributed by atoms with van der Waals surface area (Å²) in [5.41, 5.74) is 1.32. The van der Waals surface area contributed by atoms with Crippen molar-refractivity contribution in [2.75, 3.05) is 18.0 Å². The minimum absolute atomic E-state index is 0.0140. The molecule has 19 heavy (non-hydrogen) atoms. The van der Waals surface area contributed by atoms with Gasteiger partial charge in [-0.15, -0.1) is 6.42 Å². The van der Waals surface area contributed by atoms with E-state index < -0.39 is 4.92 Å². The molecule has 0 heterocycles. The first kappa shape index (κ1) is 13.4. The first-order valence-electron chi connectivity index (χ1n) is 6.22. The van der Waals surface area contributed by atoms with E-state index in [1.54, 1.807) is 6.07 Å². The van der Waals surface area contributed by atoms with Crippen molar-refractivity contribution >= 4 is 11.4 Å². The highest BCUT2D eigenvalue weighted by atomic mass is 16.6. The number of anilines is 1. The lowest BCUT2D eigenvalue weighted by Crippen LogP contribution is -2.27. The molecule has 1 N–H and O–H groups in total. The second kappa shape index (κ2) is 5.72. The van der Waals surface area contributed by atoms with E-state index in [0.29, 0.717) is 18.0 Å². The molecule has 2 rings (SSSR count). The van der Waals surface area contributed by atoms with Crippen molar-refractivity contribution < 1.29 is 10.0 Å². The van der Waals surface area contributed by atoms with Gasteiger partial charge in [0.05, 0.1) is 18.1 Å². The highest BCUT2D eigenvalue weighted by Crippen LogP contribution is 2.33. The molecule has 0 saturated heterocycles. The van der Waals surface area contributed by atoms with Crippen molar-refractivity contribution in [1.82, 2.24) is 0 Å². The number of hydrogen-bond acceptors (Lipinski definition) is 4. The van der Waals surface area contributed by atoms with Crippen LogP contribution in [0.4, 0.5) is 11.4 Å². The summed E-state index contributed by atoms with van der Waals surface area (Å²) in [5.74, 6) is 3.25. The van der Waals surface area contributed by atoms with Crippen LogP contribution in [-0.2, 0) is 6.61 Å². The number of nitro benzene ring substituents is 1. The number of aliphatic hydroxyl groups excluding tert-OH is 1. The average molecular weight is 260 g/mol. The molecule has 1 aromatic rings. The Morgan fingerprint density at radius 2 is 2.26 bits per heavy atom. The number of nitrogens with zero attached hydrogens (tertiary/aromatic N) is 2. The Labute approximate surface area is 112 Å². The number of non-ortho nitro benzene ring substituents is 1. The van der Waals surface area contributed by atoms with Gasteiger partial charge in [0.25, 0.3) is 5.69 Å². The van der Waals surface area contributed by atoms with E-state index in [9.17, 15) is 15.2 Å². The molecule has 1 saturated carbocycles. The molecule has 1 aliphatic rings. The second-order valence-electron chi connectivity index (χ2n) is 4.76. The molecular weight excluding hydrogens is 244 g/mol. The third-order valence-electron chi connectivity index (χ3n) is 3.24. The maximum absolute atomic E-state index is 10.7. The van der Waals surface area contributed by atoms with E-state index in [0.717, 1.165) is 12.2 Å². The Balaban J connectivity index is 2.29. The summed E-state index contributed by atoms with van der Waals surface area (Å²) in [6.45, 7) is 1.05. The molecule has 100 valence electrons. The fraction of sp³-hybridized carbons (Fsp3) is 0.429. The quantitative estimate of drug-likeness (QED) is 0.482. The van der Waals surface area contributed by atoms with E-state index in [4.69, 9.17) is 6.42 Å². The summed E-state index contributed by atoms with van der Waals surface area (Å²) in [4.78, 5) is 12.3. The lowest BCUT2D eigenvalue weighted by Gasteiger charge is -2.24. The molecule has 0 aliphatic heterocycles. The molecule has 0 aromatic heterocycles. The largest absolute Gasteiger partial charge is 0.392 e. The number of benzene rings is 1. The smallest absolute Gasteiger partial charge is 0.269 e. The van der Waals surface area contributed by atoms with Crippen molar-refractivity contribution in [3.8, 4) is 12.3 Å². The SMILES string of the molecule is C#CCN(CC1CC1)c1ccc([N+](=O)[O-])cc1CO. The standard InChI is InChI=1S/C14H16N2O3/c1-2-7-15(9-11-3-4-11)14-6-5-13(16(18)19)8-12(14)10-17/h1,5-6,8,11,17H,3-4,7,9-10H2. The van der Waals surface area contributed by atoms with Gasteiger partial charge in [-0.2, -0.15) is 0 Å². The van der Waals surface area contributed by atoms with Crippen molar-refractivity contribution in [1.29, 1.82) is 0 Å². The molecule has 1 fully saturated rings. The summed E-state index contributed by atoms with van der Waals surface area (Å²) in [6.07, 6.45) is 7.76. The minimum Gasteiger partial charge on any atom is -0.392 e. The van der Waals surface area contributed by atoms with Crippen LogP contribution in [0.25, 0.3) is 0 Å². The van der Waals surface area contributed by atoms with Crippen molar-refractivity contribution in [2.24, 2.45) is 5.92 Å². The number of rotatable bonds is 6. The van der Waals surface area contributed by atoms with Gasteiger partial charge in [-0.1, -0.05) is 5.92 Å². The first-order chi connectivity index (χ1) is 9.15. The van der Waals surface area contributed by atoms with Crippen LogP contribution in [0.1, 0.15) is 18.4 Å². The zero-order valence-corrected chi connectivity index (χ0v) is 10.6. The summed E-state index contributed by atoms with van der Waals surface area (Å²) < 4.78 is 0. The van der Waals surface area contributed by atoms with Crippen LogP contribution in [0.15, 0.2) is 18.2 Å². The maximum Gasteiger partial charge on any atom is 0.269 e. The van der Waals surface area contributed by atoms with Gasteiger partial charge in [-0.25, -0.2) is 0 Å². The molecule has 0 radical (unpaired) electrons. The number of hydrogen-bond donors (Lipinski definition) is 1. The molecule has 1 aromatic carbocycles. The van der Waals surface area contributed by atoms with Crippen LogP contribution >= 0.6 is 0 Å². The summed E-state index contributed by atoms with van der Waals surface area (Å²) in [6, 6.07) is 4.53. The van der Waals surface area contributed by atoms with Crippen LogP contribution < -0.4 is 4.90 Å². The number of nitro groups is 1. The fourth-order valence-corrected chi connectivity index (χ4v) is 2.09. The van der Waals surface area contributed by atoms with Crippen LogP contribution in [-0.4, -0.2) is 23.1 Å². The highest BCUT2D eigenvalue weighted by Gasteiger charge is 2.25. The lowest BCUT2D eigenvalue weighted by atomic mass is 10.1. The zero-order valence-electron chi connectivity index (χ0n) is 10.6. The van der Waals surface area contributed by atoms with E-state index in [1.165, 1.54) is 25.0 Å². The summed E-state index contributed by atoms with van der Waals surface area (Å²) in [7, 11) is 0. The molecule has 0 atom stereocenters. The predicted octanol–water partition coefficient (Wildman–Crippen LogP) is 1.94. The highest BCUT2D eigenvalue weighted by molar-refractivity contribution is 5.58. The van der Waals surface area contributed by atoms with Gasteiger partial charge in [0.2, 0.25) is 0 Å². The Morgan fingerprint density at radius 3 is 2.79 bits per heavy atom. The van der Waals surface area contributed by atoms with Gasteiger partial charge in [0.15, 0.2) is 0 Å². The van der Waals surface area contributed by atoms with Crippen molar-refractivity contribution in [2.45, 2.75) is 19.4 Å². The third kappa shape index (κ3) is 3.24. The minimum atomic E-state index is -0.463. The van der Waals surface area contributed by atoms with Gasteiger partial charge in [-0.3, -0.25) is 10.1 Å². The monoisotopic (exact) mass is 260 g/mol. The Bertz CT molecular complexity index is 518. The van der Waals surface area contributed by atoms with E-state index in [2.05, 4.69) is 5.92 Å². The molecule has 0 unspecified atom stereocenters. The molecule has 0 bridgehead atoms. The molecular formula is C14H16N2O3. The molecule has 0 spiro atoms. The first-order valence-corrected chi connectivity index (χ1v) is 6.22. The summed E-state index contributed by atoms with van der Waals surface area (Å²) in [5, 5.41) is 20.1. The molecule has 0 amide bonds. The Hall–Kier alpha value is -2.06. The normalized spacial score (nSPS) is 13.9. The van der Waals surface area contributed by atoms with Gasteiger partial charge >= 0.3 is 0 Å². The van der Waals surface area contributed by atoms with Gasteiger partial charge in [-0.05, 0) is 24.8 Å². The van der Waals surface area contributed by atoms with Crippen LogP contribution in [0, 0.1) is 28.4 Å². The molecule has 5 heteroatoms. The summed E-state index contributed by atoms with van der Waals surface area (Å²) >= 11 is 0. The van der Waals surface area contributed by atoms with Crippen LogP contribution in [0.3, 0.4) is 0 Å². The van der Waals surface area contributed by atoms with Gasteiger partial charge in [0, 0.05) is 29.9 Å². The van der Waals surface area contributed by atoms with E-state index >= 15 is 0 Å². The maximum atomic E-state index is 10.7. The van der Waals surface area contributed by atoms with Gasteiger partial charge in [0.1, 0.15) is 0 Å². The third-order valence-corrected chi connectivity index (χ3v) is 3.24. The zero-order chi connectivity index (χ0) is 13.8.